The third-order valence-corrected chi connectivity index (χ3v) is 6.96. The van der Waals surface area contributed by atoms with Gasteiger partial charge >= 0.3 is 0 Å². The minimum Gasteiger partial charge on any atom is -0.497 e. The summed E-state index contributed by atoms with van der Waals surface area (Å²) < 4.78 is 47.1. The van der Waals surface area contributed by atoms with Crippen LogP contribution in [0.25, 0.3) is 0 Å². The van der Waals surface area contributed by atoms with Crippen LogP contribution in [-0.2, 0) is 19.6 Å². The Morgan fingerprint density at radius 2 is 1.91 bits per heavy atom. The predicted octanol–water partition coefficient (Wildman–Crippen LogP) is 3.04. The number of rotatable bonds is 8. The second kappa shape index (κ2) is 9.96. The lowest BCUT2D eigenvalue weighted by Gasteiger charge is -2.13. The summed E-state index contributed by atoms with van der Waals surface area (Å²) in [7, 11) is -2.65. The van der Waals surface area contributed by atoms with Gasteiger partial charge in [-0.2, -0.15) is 8.42 Å². The van der Waals surface area contributed by atoms with Crippen molar-refractivity contribution in [2.24, 2.45) is 4.40 Å². The highest BCUT2D eigenvalue weighted by Crippen LogP contribution is 2.31. The molecule has 2 aromatic carbocycles. The third-order valence-electron chi connectivity index (χ3n) is 4.39. The van der Waals surface area contributed by atoms with E-state index in [4.69, 9.17) is 4.74 Å². The number of sulfonamides is 1. The van der Waals surface area contributed by atoms with E-state index < -0.39 is 32.9 Å². The smallest absolute Gasteiger partial charge is 0.284 e. The zero-order chi connectivity index (χ0) is 23.3. The fourth-order valence-corrected chi connectivity index (χ4v) is 5.19. The monoisotopic (exact) mass is 477 g/mol. The molecule has 1 atom stereocenters. The molecule has 0 aliphatic carbocycles. The molecule has 1 heterocycles. The maximum atomic E-state index is 13.1. The lowest BCUT2D eigenvalue weighted by Crippen LogP contribution is -2.33. The van der Waals surface area contributed by atoms with Crippen LogP contribution in [0.4, 0.5) is 10.1 Å². The van der Waals surface area contributed by atoms with Crippen molar-refractivity contribution < 1.29 is 27.1 Å². The summed E-state index contributed by atoms with van der Waals surface area (Å²) in [5.41, 5.74) is 0.530. The SMILES string of the molecule is C=CCN1C(=O)C(CC(=O)Nc2ccc(OC)cc2)SC1=NS(=O)(=O)c1ccc(F)cc1. The fraction of sp³-hybridized carbons (Fsp3) is 0.190. The number of nitrogens with one attached hydrogen (secondary N) is 1. The van der Waals surface area contributed by atoms with Crippen LogP contribution in [0.1, 0.15) is 6.42 Å². The number of hydrogen-bond acceptors (Lipinski definition) is 6. The van der Waals surface area contributed by atoms with Gasteiger partial charge in [0.05, 0.1) is 12.0 Å². The van der Waals surface area contributed by atoms with E-state index in [1.807, 2.05) is 0 Å². The minimum atomic E-state index is -4.18. The Hall–Kier alpha value is -3.18. The molecule has 1 aliphatic heterocycles. The molecular formula is C21H20FN3O5S2. The molecule has 168 valence electrons. The summed E-state index contributed by atoms with van der Waals surface area (Å²) in [6.07, 6.45) is 1.25. The Balaban J connectivity index is 1.76. The number of anilines is 1. The van der Waals surface area contributed by atoms with Crippen molar-refractivity contribution in [3.8, 4) is 5.75 Å². The summed E-state index contributed by atoms with van der Waals surface area (Å²) in [6, 6.07) is 10.9. The Labute approximate surface area is 189 Å². The molecule has 1 aliphatic rings. The van der Waals surface area contributed by atoms with Gasteiger partial charge in [0.15, 0.2) is 5.17 Å². The van der Waals surface area contributed by atoms with Crippen LogP contribution in [-0.4, -0.2) is 49.2 Å². The lowest BCUT2D eigenvalue weighted by molar-refractivity contribution is -0.127. The molecule has 1 fully saturated rings. The van der Waals surface area contributed by atoms with Gasteiger partial charge in [0, 0.05) is 18.7 Å². The van der Waals surface area contributed by atoms with Crippen molar-refractivity contribution in [1.82, 2.24) is 4.90 Å². The van der Waals surface area contributed by atoms with E-state index in [1.54, 1.807) is 24.3 Å². The molecule has 3 rings (SSSR count). The van der Waals surface area contributed by atoms with Crippen molar-refractivity contribution >= 4 is 44.5 Å². The van der Waals surface area contributed by atoms with Crippen molar-refractivity contribution in [2.45, 2.75) is 16.6 Å². The van der Waals surface area contributed by atoms with Gasteiger partial charge < -0.3 is 10.1 Å². The van der Waals surface area contributed by atoms with E-state index in [1.165, 1.54) is 13.2 Å². The van der Waals surface area contributed by atoms with E-state index in [2.05, 4.69) is 16.3 Å². The summed E-state index contributed by atoms with van der Waals surface area (Å²) in [4.78, 5) is 26.2. The maximum absolute atomic E-state index is 13.1. The van der Waals surface area contributed by atoms with Crippen LogP contribution in [0, 0.1) is 5.82 Å². The Bertz CT molecular complexity index is 1150. The molecule has 0 bridgehead atoms. The second-order valence-corrected chi connectivity index (χ2v) is 9.40. The van der Waals surface area contributed by atoms with E-state index in [-0.39, 0.29) is 23.0 Å². The van der Waals surface area contributed by atoms with Crippen LogP contribution < -0.4 is 10.1 Å². The molecule has 2 aromatic rings. The van der Waals surface area contributed by atoms with Gasteiger partial charge in [-0.25, -0.2) is 4.39 Å². The summed E-state index contributed by atoms with van der Waals surface area (Å²) >= 11 is 0.881. The van der Waals surface area contributed by atoms with Gasteiger partial charge in [-0.05, 0) is 48.5 Å². The number of carbonyl (C=O) groups is 2. The highest BCUT2D eigenvalue weighted by molar-refractivity contribution is 8.16. The van der Waals surface area contributed by atoms with Crippen molar-refractivity contribution in [1.29, 1.82) is 0 Å². The zero-order valence-corrected chi connectivity index (χ0v) is 18.7. The number of methoxy groups -OCH3 is 1. The number of halogens is 1. The first-order chi connectivity index (χ1) is 15.2. The second-order valence-electron chi connectivity index (χ2n) is 6.63. The van der Waals surface area contributed by atoms with Crippen molar-refractivity contribution in [3.63, 3.8) is 0 Å². The number of nitrogens with zero attached hydrogens (tertiary/aromatic N) is 2. The number of amidine groups is 1. The molecule has 0 aromatic heterocycles. The molecular weight excluding hydrogens is 457 g/mol. The van der Waals surface area contributed by atoms with Gasteiger partial charge in [-0.3, -0.25) is 14.5 Å². The number of thioether (sulfide) groups is 1. The van der Waals surface area contributed by atoms with E-state index in [9.17, 15) is 22.4 Å². The molecule has 1 N–H and O–H groups in total. The average molecular weight is 478 g/mol. The summed E-state index contributed by atoms with van der Waals surface area (Å²) in [5, 5.41) is 1.77. The molecule has 11 heteroatoms. The van der Waals surface area contributed by atoms with Crippen molar-refractivity contribution in [2.75, 3.05) is 19.0 Å². The maximum Gasteiger partial charge on any atom is 0.284 e. The van der Waals surface area contributed by atoms with Crippen LogP contribution in [0.2, 0.25) is 0 Å². The molecule has 0 spiro atoms. The number of ether oxygens (including phenoxy) is 1. The third kappa shape index (κ3) is 5.54. The van der Waals surface area contributed by atoms with Crippen LogP contribution >= 0.6 is 11.8 Å². The van der Waals surface area contributed by atoms with Gasteiger partial charge in [0.1, 0.15) is 16.8 Å². The molecule has 8 nitrogen and oxygen atoms in total. The number of amides is 2. The van der Waals surface area contributed by atoms with E-state index in [0.29, 0.717) is 11.4 Å². The largest absolute Gasteiger partial charge is 0.497 e. The molecule has 0 saturated carbocycles. The minimum absolute atomic E-state index is 0.0280. The Morgan fingerprint density at radius 3 is 2.50 bits per heavy atom. The van der Waals surface area contributed by atoms with Crippen LogP contribution in [0.15, 0.2) is 70.5 Å². The number of benzene rings is 2. The average Bonchev–Trinajstić information content (AvgIpc) is 3.03. The topological polar surface area (TPSA) is 105 Å². The first-order valence-corrected chi connectivity index (χ1v) is 11.7. The van der Waals surface area contributed by atoms with Gasteiger partial charge in [-0.1, -0.05) is 17.8 Å². The number of carbonyl (C=O) groups excluding carboxylic acids is 2. The fourth-order valence-electron chi connectivity index (χ4n) is 2.82. The molecule has 2 amide bonds. The standard InChI is InChI=1S/C21H20FN3O5S2/c1-3-12-25-20(27)18(13-19(26)23-15-6-8-16(30-2)9-7-15)31-21(25)24-32(28,29)17-10-4-14(22)5-11-17/h3-11,18H,1,12-13H2,2H3,(H,23,26). The first kappa shape index (κ1) is 23.5. The van der Waals surface area contributed by atoms with Gasteiger partial charge in [-0.15, -0.1) is 11.0 Å². The molecule has 1 unspecified atom stereocenters. The number of hydrogen-bond donors (Lipinski definition) is 1. The molecule has 0 radical (unpaired) electrons. The highest BCUT2D eigenvalue weighted by atomic mass is 32.2. The first-order valence-electron chi connectivity index (χ1n) is 9.37. The Kier molecular flexibility index (Phi) is 7.31. The zero-order valence-electron chi connectivity index (χ0n) is 17.0. The molecule has 32 heavy (non-hydrogen) atoms. The predicted molar refractivity (Wildman–Crippen MR) is 121 cm³/mol. The normalized spacial score (nSPS) is 17.4. The van der Waals surface area contributed by atoms with Crippen LogP contribution in [0.5, 0.6) is 5.75 Å². The Morgan fingerprint density at radius 1 is 1.25 bits per heavy atom. The van der Waals surface area contributed by atoms with E-state index in [0.717, 1.165) is 40.9 Å². The van der Waals surface area contributed by atoms with Gasteiger partial charge in [0.25, 0.3) is 10.0 Å². The lowest BCUT2D eigenvalue weighted by atomic mass is 10.2. The molecule has 1 saturated heterocycles. The summed E-state index contributed by atoms with van der Waals surface area (Å²) in [6.45, 7) is 3.60. The van der Waals surface area contributed by atoms with Gasteiger partial charge in [0.2, 0.25) is 11.8 Å². The van der Waals surface area contributed by atoms with E-state index >= 15 is 0 Å². The summed E-state index contributed by atoms with van der Waals surface area (Å²) in [5.74, 6) is -0.818. The van der Waals surface area contributed by atoms with Crippen LogP contribution in [0.3, 0.4) is 0 Å². The highest BCUT2D eigenvalue weighted by Gasteiger charge is 2.39. The quantitative estimate of drug-likeness (QED) is 0.586. The van der Waals surface area contributed by atoms with Crippen molar-refractivity contribution in [3.05, 3.63) is 67.0 Å².